The first kappa shape index (κ1) is 18.4. The van der Waals surface area contributed by atoms with E-state index in [9.17, 15) is 14.7 Å². The Hall–Kier alpha value is -3.35. The number of hydrazone groups is 1. The van der Waals surface area contributed by atoms with Crippen molar-refractivity contribution in [1.82, 2.24) is 10.7 Å². The van der Waals surface area contributed by atoms with Crippen LogP contribution in [0.25, 0.3) is 0 Å². The molecule has 2 aromatic rings. The summed E-state index contributed by atoms with van der Waals surface area (Å²) in [6.07, 6.45) is 3.76. The van der Waals surface area contributed by atoms with Crippen LogP contribution in [0.1, 0.15) is 50.6 Å². The van der Waals surface area contributed by atoms with Gasteiger partial charge in [0.05, 0.1) is 11.3 Å². The van der Waals surface area contributed by atoms with E-state index in [4.69, 9.17) is 4.42 Å². The molecule has 27 heavy (non-hydrogen) atoms. The standard InChI is InChI=1S/C20H21N3O4/c1-3-11-21-20(26)18-12(2)17-14(8-6-10-16(17)27-18)22-23-19(25)13-7-4-5-9-15(13)24/h3-5,7,9,24H,1,6,8,10-11H2,2H3,(H,21,26)(H,23,25)/b22-14+. The van der Waals surface area contributed by atoms with Crippen LogP contribution in [-0.2, 0) is 6.42 Å². The molecule has 0 atom stereocenters. The highest BCUT2D eigenvalue weighted by Crippen LogP contribution is 2.30. The molecule has 3 N–H and O–H groups in total. The Morgan fingerprint density at radius 2 is 2.07 bits per heavy atom. The van der Waals surface area contributed by atoms with E-state index in [0.29, 0.717) is 36.4 Å². The molecule has 1 heterocycles. The van der Waals surface area contributed by atoms with Crippen LogP contribution in [0.3, 0.4) is 0 Å². The van der Waals surface area contributed by atoms with Gasteiger partial charge in [-0.2, -0.15) is 5.10 Å². The molecule has 7 heteroatoms. The first-order chi connectivity index (χ1) is 13.0. The number of rotatable bonds is 5. The highest BCUT2D eigenvalue weighted by atomic mass is 16.4. The number of phenols is 1. The number of nitrogens with one attached hydrogen (secondary N) is 2. The molecule has 0 spiro atoms. The SMILES string of the molecule is C=CCNC(=O)c1oc2c(c1C)/C(=N/NC(=O)c1ccccc1O)CCC2. The zero-order chi connectivity index (χ0) is 19.4. The van der Waals surface area contributed by atoms with Gasteiger partial charge < -0.3 is 14.8 Å². The third-order valence-electron chi connectivity index (χ3n) is 4.38. The quantitative estimate of drug-likeness (QED) is 0.558. The van der Waals surface area contributed by atoms with E-state index in [0.717, 1.165) is 12.0 Å². The molecule has 0 bridgehead atoms. The van der Waals surface area contributed by atoms with Crippen molar-refractivity contribution in [1.29, 1.82) is 0 Å². The summed E-state index contributed by atoms with van der Waals surface area (Å²) in [7, 11) is 0. The number of phenolic OH excluding ortho intramolecular Hbond substituents is 1. The number of aryl methyl sites for hydroxylation is 1. The van der Waals surface area contributed by atoms with Gasteiger partial charge in [0.2, 0.25) is 0 Å². The number of fused-ring (bicyclic) bond motifs is 1. The van der Waals surface area contributed by atoms with E-state index in [-0.39, 0.29) is 23.0 Å². The van der Waals surface area contributed by atoms with Crippen molar-refractivity contribution in [2.75, 3.05) is 6.54 Å². The van der Waals surface area contributed by atoms with Crippen molar-refractivity contribution in [2.45, 2.75) is 26.2 Å². The Kier molecular flexibility index (Phi) is 5.40. The molecule has 0 unspecified atom stereocenters. The smallest absolute Gasteiger partial charge is 0.287 e. The second-order valence-corrected chi connectivity index (χ2v) is 6.22. The van der Waals surface area contributed by atoms with Crippen LogP contribution in [-0.4, -0.2) is 29.2 Å². The molecular weight excluding hydrogens is 346 g/mol. The van der Waals surface area contributed by atoms with Crippen LogP contribution in [0.15, 0.2) is 46.4 Å². The normalized spacial score (nSPS) is 14.5. The fourth-order valence-corrected chi connectivity index (χ4v) is 3.09. The van der Waals surface area contributed by atoms with Gasteiger partial charge >= 0.3 is 0 Å². The van der Waals surface area contributed by atoms with E-state index in [1.807, 2.05) is 0 Å². The van der Waals surface area contributed by atoms with Gasteiger partial charge in [0.25, 0.3) is 11.8 Å². The van der Waals surface area contributed by atoms with E-state index >= 15 is 0 Å². The minimum absolute atomic E-state index is 0.111. The van der Waals surface area contributed by atoms with Gasteiger partial charge in [-0.15, -0.1) is 6.58 Å². The number of benzene rings is 1. The number of amides is 2. The molecule has 3 rings (SSSR count). The van der Waals surface area contributed by atoms with Crippen molar-refractivity contribution in [3.05, 3.63) is 65.1 Å². The first-order valence-electron chi connectivity index (χ1n) is 8.69. The Morgan fingerprint density at radius 3 is 2.81 bits per heavy atom. The largest absolute Gasteiger partial charge is 0.507 e. The lowest BCUT2D eigenvalue weighted by atomic mass is 9.93. The molecular formula is C20H21N3O4. The minimum Gasteiger partial charge on any atom is -0.507 e. The van der Waals surface area contributed by atoms with E-state index in [2.05, 4.69) is 22.4 Å². The van der Waals surface area contributed by atoms with Gasteiger partial charge in [-0.05, 0) is 31.9 Å². The number of carbonyl (C=O) groups is 2. The van der Waals surface area contributed by atoms with Crippen molar-refractivity contribution >= 4 is 17.5 Å². The molecule has 1 aliphatic carbocycles. The van der Waals surface area contributed by atoms with Gasteiger partial charge in [0.1, 0.15) is 11.5 Å². The molecule has 0 saturated carbocycles. The molecule has 1 aromatic heterocycles. The maximum absolute atomic E-state index is 12.3. The predicted octanol–water partition coefficient (Wildman–Crippen LogP) is 2.68. The summed E-state index contributed by atoms with van der Waals surface area (Å²) in [5.41, 5.74) is 4.75. The topological polar surface area (TPSA) is 104 Å². The Morgan fingerprint density at radius 1 is 1.30 bits per heavy atom. The number of carbonyl (C=O) groups excluding carboxylic acids is 2. The molecule has 0 saturated heterocycles. The number of hydrogen-bond acceptors (Lipinski definition) is 5. The lowest BCUT2D eigenvalue weighted by molar-refractivity contribution is 0.0925. The Balaban J connectivity index is 1.85. The van der Waals surface area contributed by atoms with Crippen LogP contribution in [0.4, 0.5) is 0 Å². The summed E-state index contributed by atoms with van der Waals surface area (Å²) in [6.45, 7) is 5.73. The molecule has 7 nitrogen and oxygen atoms in total. The zero-order valence-corrected chi connectivity index (χ0v) is 15.0. The number of nitrogens with zero attached hydrogens (tertiary/aromatic N) is 1. The summed E-state index contributed by atoms with van der Waals surface area (Å²) in [5, 5.41) is 16.7. The van der Waals surface area contributed by atoms with Crippen molar-refractivity contribution in [3.63, 3.8) is 0 Å². The highest BCUT2D eigenvalue weighted by molar-refractivity contribution is 6.07. The fraction of sp³-hybridized carbons (Fsp3) is 0.250. The summed E-state index contributed by atoms with van der Waals surface area (Å²) in [5.74, 6) is 0.0268. The summed E-state index contributed by atoms with van der Waals surface area (Å²) < 4.78 is 5.76. The fourth-order valence-electron chi connectivity index (χ4n) is 3.09. The molecule has 0 aliphatic heterocycles. The number of para-hydroxylation sites is 1. The summed E-state index contributed by atoms with van der Waals surface area (Å²) >= 11 is 0. The maximum atomic E-state index is 12.3. The van der Waals surface area contributed by atoms with Gasteiger partial charge in [0, 0.05) is 24.1 Å². The Labute approximate surface area is 156 Å². The second kappa shape index (κ2) is 7.90. The average Bonchev–Trinajstić information content (AvgIpc) is 3.02. The average molecular weight is 367 g/mol. The molecule has 2 amide bonds. The number of hydrogen-bond donors (Lipinski definition) is 3. The van der Waals surface area contributed by atoms with Crippen LogP contribution in [0.5, 0.6) is 5.75 Å². The number of furan rings is 1. The molecule has 0 radical (unpaired) electrons. The van der Waals surface area contributed by atoms with Crippen LogP contribution in [0, 0.1) is 6.92 Å². The van der Waals surface area contributed by atoms with Gasteiger partial charge in [-0.1, -0.05) is 18.2 Å². The maximum Gasteiger partial charge on any atom is 0.287 e. The van der Waals surface area contributed by atoms with Crippen molar-refractivity contribution in [3.8, 4) is 5.75 Å². The predicted molar refractivity (Wildman–Crippen MR) is 101 cm³/mol. The lowest BCUT2D eigenvalue weighted by Crippen LogP contribution is -2.24. The molecule has 1 aliphatic rings. The van der Waals surface area contributed by atoms with E-state index in [1.54, 1.807) is 25.1 Å². The molecule has 0 fully saturated rings. The summed E-state index contributed by atoms with van der Waals surface area (Å²) in [4.78, 5) is 24.5. The first-order valence-corrected chi connectivity index (χ1v) is 8.69. The van der Waals surface area contributed by atoms with Crippen LogP contribution in [0.2, 0.25) is 0 Å². The van der Waals surface area contributed by atoms with Crippen LogP contribution < -0.4 is 10.7 Å². The molecule has 140 valence electrons. The van der Waals surface area contributed by atoms with E-state index < -0.39 is 5.91 Å². The van der Waals surface area contributed by atoms with Crippen molar-refractivity contribution in [2.24, 2.45) is 5.10 Å². The lowest BCUT2D eigenvalue weighted by Gasteiger charge is -2.13. The minimum atomic E-state index is -0.502. The summed E-state index contributed by atoms with van der Waals surface area (Å²) in [6, 6.07) is 6.26. The van der Waals surface area contributed by atoms with Crippen LogP contribution >= 0.6 is 0 Å². The molecule has 1 aromatic carbocycles. The van der Waals surface area contributed by atoms with Gasteiger partial charge in [-0.25, -0.2) is 5.43 Å². The third-order valence-corrected chi connectivity index (χ3v) is 4.38. The second-order valence-electron chi connectivity index (χ2n) is 6.22. The third kappa shape index (κ3) is 3.76. The zero-order valence-electron chi connectivity index (χ0n) is 15.0. The van der Waals surface area contributed by atoms with Gasteiger partial charge in [-0.3, -0.25) is 9.59 Å². The highest BCUT2D eigenvalue weighted by Gasteiger charge is 2.28. The van der Waals surface area contributed by atoms with Gasteiger partial charge in [0.15, 0.2) is 5.76 Å². The monoisotopic (exact) mass is 367 g/mol. The Bertz CT molecular complexity index is 927. The van der Waals surface area contributed by atoms with Crippen molar-refractivity contribution < 1.29 is 19.1 Å². The van der Waals surface area contributed by atoms with E-state index in [1.165, 1.54) is 12.1 Å². The number of aromatic hydroxyl groups is 1.